The molecule has 0 amide bonds. The van der Waals surface area contributed by atoms with Gasteiger partial charge in [0.05, 0.1) is 37.6 Å². The van der Waals surface area contributed by atoms with Crippen molar-refractivity contribution >= 4 is 11.4 Å². The van der Waals surface area contributed by atoms with Crippen molar-refractivity contribution in [2.45, 2.75) is 57.3 Å². The quantitative estimate of drug-likeness (QED) is 0.137. The molecule has 8 rings (SSSR count). The first kappa shape index (κ1) is 37.1. The molecular formula is C42H44F2N8O4. The summed E-state index contributed by atoms with van der Waals surface area (Å²) in [4.78, 5) is 22.0. The Kier molecular flexibility index (Phi) is 10.7. The summed E-state index contributed by atoms with van der Waals surface area (Å²) in [6, 6.07) is 29.3. The number of piperazine rings is 1. The molecule has 2 aliphatic heterocycles. The number of hydrogen-bond acceptors (Lipinski definition) is 9. The van der Waals surface area contributed by atoms with Crippen molar-refractivity contribution in [2.24, 2.45) is 0 Å². The minimum absolute atomic E-state index is 0.210. The van der Waals surface area contributed by atoms with E-state index in [1.54, 1.807) is 21.9 Å². The molecule has 0 N–H and O–H groups in total. The van der Waals surface area contributed by atoms with E-state index in [2.05, 4.69) is 25.0 Å². The Hall–Kier alpha value is -5.86. The van der Waals surface area contributed by atoms with Crippen LogP contribution in [0.5, 0.6) is 5.75 Å². The van der Waals surface area contributed by atoms with Gasteiger partial charge in [-0.2, -0.15) is 10.2 Å². The van der Waals surface area contributed by atoms with E-state index in [1.165, 1.54) is 23.1 Å². The van der Waals surface area contributed by atoms with E-state index in [9.17, 15) is 9.18 Å². The first-order valence-electron chi connectivity index (χ1n) is 18.9. The van der Waals surface area contributed by atoms with Gasteiger partial charge in [-0.05, 0) is 74.0 Å². The molecule has 14 heteroatoms. The fourth-order valence-corrected chi connectivity index (χ4v) is 7.52. The molecule has 0 radical (unpaired) electrons. The first-order chi connectivity index (χ1) is 27.2. The highest BCUT2D eigenvalue weighted by Crippen LogP contribution is 2.41. The third-order valence-corrected chi connectivity index (χ3v) is 10.8. The molecule has 1 unspecified atom stereocenters. The zero-order valence-corrected chi connectivity index (χ0v) is 31.3. The van der Waals surface area contributed by atoms with E-state index in [4.69, 9.17) is 14.2 Å². The highest BCUT2D eigenvalue weighted by atomic mass is 19.1. The summed E-state index contributed by atoms with van der Waals surface area (Å²) in [5, 5.41) is 8.60. The highest BCUT2D eigenvalue weighted by molar-refractivity contribution is 5.55. The summed E-state index contributed by atoms with van der Waals surface area (Å²) in [6.07, 6.45) is 4.31. The molecule has 4 heterocycles. The highest BCUT2D eigenvalue weighted by Gasteiger charge is 2.45. The van der Waals surface area contributed by atoms with E-state index in [-0.39, 0.29) is 42.7 Å². The molecule has 56 heavy (non-hydrogen) atoms. The van der Waals surface area contributed by atoms with Crippen LogP contribution in [0, 0.1) is 11.6 Å². The summed E-state index contributed by atoms with van der Waals surface area (Å²) in [6.45, 7) is 8.15. The van der Waals surface area contributed by atoms with Crippen molar-refractivity contribution < 1.29 is 23.0 Å². The van der Waals surface area contributed by atoms with Crippen molar-refractivity contribution in [1.82, 2.24) is 29.1 Å². The maximum atomic E-state index is 15.0. The van der Waals surface area contributed by atoms with Crippen LogP contribution in [0.3, 0.4) is 0 Å². The minimum atomic E-state index is -1.09. The minimum Gasteiger partial charge on any atom is -0.488 e. The second-order valence-electron chi connectivity index (χ2n) is 14.4. The predicted octanol–water partition coefficient (Wildman–Crippen LogP) is 6.16. The van der Waals surface area contributed by atoms with Gasteiger partial charge in [-0.3, -0.25) is 0 Å². The average Bonchev–Trinajstić information content (AvgIpc) is 3.98. The Balaban J connectivity index is 0.845. The van der Waals surface area contributed by atoms with Gasteiger partial charge in [0.2, 0.25) is 0 Å². The van der Waals surface area contributed by atoms with Gasteiger partial charge in [-0.15, -0.1) is 0 Å². The molecule has 2 fully saturated rings. The summed E-state index contributed by atoms with van der Waals surface area (Å²) in [5.41, 5.74) is 2.98. The lowest BCUT2D eigenvalue weighted by molar-refractivity contribution is -0.0212. The summed E-state index contributed by atoms with van der Waals surface area (Å²) >= 11 is 0. The van der Waals surface area contributed by atoms with E-state index >= 15 is 4.39 Å². The SMILES string of the molecule is C[C@H](OCc1ccccc1)[C@H](C)n1ncn(-c2ccc(N3CCN(c4ccc(OC5CO[C@@](Cn6cncn6)(c6ccc(F)cc6F)C5)cc4)CC3)cc2)c1=O. The second-order valence-corrected chi connectivity index (χ2v) is 14.4. The maximum Gasteiger partial charge on any atom is 0.350 e. The number of benzene rings is 4. The number of hydrogen-bond donors (Lipinski definition) is 0. The zero-order chi connectivity index (χ0) is 38.6. The van der Waals surface area contributed by atoms with Gasteiger partial charge in [0.1, 0.15) is 48.1 Å². The van der Waals surface area contributed by atoms with Crippen LogP contribution in [-0.2, 0) is 28.2 Å². The van der Waals surface area contributed by atoms with Crippen molar-refractivity contribution in [3.63, 3.8) is 0 Å². The Morgan fingerprint density at radius 3 is 2.18 bits per heavy atom. The lowest BCUT2D eigenvalue weighted by Gasteiger charge is -2.37. The van der Waals surface area contributed by atoms with Crippen molar-refractivity contribution in [1.29, 1.82) is 0 Å². The molecule has 4 atom stereocenters. The zero-order valence-electron chi connectivity index (χ0n) is 31.3. The van der Waals surface area contributed by atoms with Crippen LogP contribution >= 0.6 is 0 Å². The molecule has 2 aromatic heterocycles. The van der Waals surface area contributed by atoms with Gasteiger partial charge >= 0.3 is 5.69 Å². The topological polar surface area (TPSA) is 105 Å². The standard InChI is InChI=1S/C42H44F2N8O4/c1-30(31(2)54-24-32-6-4-3-5-7-32)52-41(53)51(29-47-52)36-11-9-34(10-12-36)48-18-20-49(21-19-48)35-13-15-37(16-14-35)56-38-23-42(55-25-38,26-50-28-45-27-46-50)39-17-8-33(43)22-40(39)44/h3-17,22,27-31,38H,18-21,23-26H2,1-2H3/t30-,31-,38?,42-/m0/s1. The van der Waals surface area contributed by atoms with Gasteiger partial charge in [0, 0.05) is 55.6 Å². The van der Waals surface area contributed by atoms with E-state index < -0.39 is 17.2 Å². The van der Waals surface area contributed by atoms with E-state index in [0.717, 1.165) is 54.9 Å². The van der Waals surface area contributed by atoms with Gasteiger partial charge in [0.15, 0.2) is 0 Å². The molecule has 0 saturated carbocycles. The van der Waals surface area contributed by atoms with Gasteiger partial charge < -0.3 is 24.0 Å². The van der Waals surface area contributed by atoms with Crippen LogP contribution in [0.2, 0.25) is 0 Å². The molecule has 0 bridgehead atoms. The van der Waals surface area contributed by atoms with Crippen LogP contribution in [0.4, 0.5) is 20.2 Å². The molecule has 2 aliphatic rings. The summed E-state index contributed by atoms with van der Waals surface area (Å²) in [7, 11) is 0. The molecule has 4 aromatic carbocycles. The normalized spacial score (nSPS) is 19.6. The Bertz CT molecular complexity index is 2260. The van der Waals surface area contributed by atoms with Crippen LogP contribution < -0.4 is 20.2 Å². The van der Waals surface area contributed by atoms with Crippen LogP contribution in [-0.4, -0.2) is 74.1 Å². The fraction of sp³-hybridized carbons (Fsp3) is 0.333. The molecular weight excluding hydrogens is 719 g/mol. The lowest BCUT2D eigenvalue weighted by atomic mass is 9.89. The number of ether oxygens (including phenoxy) is 3. The lowest BCUT2D eigenvalue weighted by Crippen LogP contribution is -2.46. The number of anilines is 2. The number of rotatable bonds is 13. The van der Waals surface area contributed by atoms with E-state index in [0.29, 0.717) is 18.8 Å². The average molecular weight is 763 g/mol. The van der Waals surface area contributed by atoms with Crippen LogP contribution in [0.15, 0.2) is 121 Å². The fourth-order valence-electron chi connectivity index (χ4n) is 7.52. The summed E-state index contributed by atoms with van der Waals surface area (Å²) < 4.78 is 52.0. The first-order valence-corrected chi connectivity index (χ1v) is 18.9. The van der Waals surface area contributed by atoms with Crippen molar-refractivity contribution in [3.8, 4) is 11.4 Å². The largest absolute Gasteiger partial charge is 0.488 e. The monoisotopic (exact) mass is 762 g/mol. The third-order valence-electron chi connectivity index (χ3n) is 10.8. The molecule has 12 nitrogen and oxygen atoms in total. The maximum absolute atomic E-state index is 15.0. The van der Waals surface area contributed by atoms with Gasteiger partial charge in [0.25, 0.3) is 0 Å². The number of aromatic nitrogens is 6. The van der Waals surface area contributed by atoms with Crippen molar-refractivity contribution in [2.75, 3.05) is 42.6 Å². The van der Waals surface area contributed by atoms with Crippen LogP contribution in [0.25, 0.3) is 5.69 Å². The molecule has 0 aliphatic carbocycles. The smallest absolute Gasteiger partial charge is 0.350 e. The summed E-state index contributed by atoms with van der Waals surface area (Å²) in [5.74, 6) is -0.638. The third kappa shape index (κ3) is 7.93. The predicted molar refractivity (Wildman–Crippen MR) is 207 cm³/mol. The Morgan fingerprint density at radius 1 is 0.839 bits per heavy atom. The molecule has 290 valence electrons. The van der Waals surface area contributed by atoms with Crippen molar-refractivity contribution in [3.05, 3.63) is 149 Å². The molecule has 6 aromatic rings. The van der Waals surface area contributed by atoms with Gasteiger partial charge in [-0.25, -0.2) is 32.5 Å². The van der Waals surface area contributed by atoms with Gasteiger partial charge in [-0.1, -0.05) is 36.4 Å². The number of nitrogens with zero attached hydrogens (tertiary/aromatic N) is 8. The van der Waals surface area contributed by atoms with Crippen LogP contribution in [0.1, 0.15) is 37.4 Å². The second kappa shape index (κ2) is 16.1. The molecule has 2 saturated heterocycles. The Labute approximate surface area is 323 Å². The number of halogens is 2. The van der Waals surface area contributed by atoms with E-state index in [1.807, 2.05) is 92.7 Å². The molecule has 0 spiro atoms. The Morgan fingerprint density at radius 2 is 1.52 bits per heavy atom.